The van der Waals surface area contributed by atoms with E-state index >= 15 is 0 Å². The lowest BCUT2D eigenvalue weighted by Crippen LogP contribution is -2.30. The Labute approximate surface area is 230 Å². The van der Waals surface area contributed by atoms with Crippen LogP contribution in [0.1, 0.15) is 50.2 Å². The van der Waals surface area contributed by atoms with Crippen LogP contribution in [0.25, 0.3) is 0 Å². The molecule has 39 heavy (non-hydrogen) atoms. The molecule has 2 aromatic heterocycles. The Morgan fingerprint density at radius 3 is 2.54 bits per heavy atom. The number of hydrogen-bond donors (Lipinski definition) is 1. The highest BCUT2D eigenvalue weighted by atomic mass is 32.1. The van der Waals surface area contributed by atoms with E-state index in [0.717, 1.165) is 10.6 Å². The molecule has 0 fully saturated rings. The van der Waals surface area contributed by atoms with Crippen molar-refractivity contribution in [1.82, 2.24) is 9.88 Å². The molecule has 4 aromatic rings. The van der Waals surface area contributed by atoms with Crippen LogP contribution in [0.15, 0.2) is 82.7 Å². The summed E-state index contributed by atoms with van der Waals surface area (Å²) >= 11 is 1.24. The molecule has 1 amide bonds. The summed E-state index contributed by atoms with van der Waals surface area (Å²) in [6.07, 6.45) is 1.51. The van der Waals surface area contributed by atoms with Gasteiger partial charge in [-0.05, 0) is 56.2 Å². The number of ether oxygens (including phenoxy) is 2. The van der Waals surface area contributed by atoms with Gasteiger partial charge in [0, 0.05) is 0 Å². The third-order valence-electron chi connectivity index (χ3n) is 6.38. The zero-order chi connectivity index (χ0) is 27.5. The van der Waals surface area contributed by atoms with Gasteiger partial charge < -0.3 is 23.9 Å². The molecule has 2 aromatic carbocycles. The molecule has 200 valence electrons. The van der Waals surface area contributed by atoms with Gasteiger partial charge in [0.2, 0.25) is 5.78 Å². The number of nitrogens with zero attached hydrogens (tertiary/aromatic N) is 2. The SMILES string of the molecule is CCOc1cc(C2C(C(=O)c3sc(C)nc3C)=C(O)C(=O)N2Cc2ccco2)ccc1OCc1ccccc1. The smallest absolute Gasteiger partial charge is 0.290 e. The molecule has 0 saturated heterocycles. The van der Waals surface area contributed by atoms with Crippen molar-refractivity contribution in [3.63, 3.8) is 0 Å². The molecule has 1 unspecified atom stereocenters. The highest BCUT2D eigenvalue weighted by Crippen LogP contribution is 2.43. The van der Waals surface area contributed by atoms with Gasteiger partial charge in [-0.25, -0.2) is 4.98 Å². The van der Waals surface area contributed by atoms with Crippen molar-refractivity contribution in [3.05, 3.63) is 111 Å². The minimum absolute atomic E-state index is 0.00120. The first-order valence-corrected chi connectivity index (χ1v) is 13.4. The van der Waals surface area contributed by atoms with Crippen molar-refractivity contribution in [3.8, 4) is 11.5 Å². The number of aryl methyl sites for hydroxylation is 2. The third kappa shape index (κ3) is 5.31. The molecule has 0 bridgehead atoms. The number of benzene rings is 2. The van der Waals surface area contributed by atoms with Crippen LogP contribution >= 0.6 is 11.3 Å². The van der Waals surface area contributed by atoms with Gasteiger partial charge in [0.15, 0.2) is 17.3 Å². The van der Waals surface area contributed by atoms with Gasteiger partial charge in [-0.3, -0.25) is 9.59 Å². The standard InChI is InChI=1S/C30H28N2O6S/c1-4-36-24-15-21(12-13-23(24)38-17-20-9-6-5-7-10-20)26-25(27(33)29-18(2)31-19(3)39-29)28(34)30(35)32(26)16-22-11-8-14-37-22/h5-15,26,34H,4,16-17H2,1-3H3. The number of Topliss-reactive ketones (excluding diaryl/α,β-unsaturated/α-hetero) is 1. The summed E-state index contributed by atoms with van der Waals surface area (Å²) in [5.41, 5.74) is 2.15. The first-order valence-electron chi connectivity index (χ1n) is 12.6. The first kappa shape index (κ1) is 26.2. The quantitative estimate of drug-likeness (QED) is 0.240. The van der Waals surface area contributed by atoms with Gasteiger partial charge in [0.1, 0.15) is 12.4 Å². The molecule has 0 radical (unpaired) electrons. The summed E-state index contributed by atoms with van der Waals surface area (Å²) < 4.78 is 17.4. The van der Waals surface area contributed by atoms with Crippen LogP contribution in [-0.2, 0) is 17.9 Å². The number of rotatable bonds is 10. The number of carbonyl (C=O) groups is 2. The van der Waals surface area contributed by atoms with E-state index in [1.165, 1.54) is 22.5 Å². The molecule has 1 atom stereocenters. The van der Waals surface area contributed by atoms with Gasteiger partial charge in [-0.1, -0.05) is 36.4 Å². The average Bonchev–Trinajstić information content (AvgIpc) is 3.63. The molecular weight excluding hydrogens is 516 g/mol. The summed E-state index contributed by atoms with van der Waals surface area (Å²) in [7, 11) is 0. The normalized spacial score (nSPS) is 15.2. The molecule has 9 heteroatoms. The van der Waals surface area contributed by atoms with E-state index in [1.807, 2.05) is 44.2 Å². The second kappa shape index (κ2) is 11.2. The fourth-order valence-electron chi connectivity index (χ4n) is 4.65. The molecule has 0 saturated carbocycles. The number of aromatic nitrogens is 1. The van der Waals surface area contributed by atoms with Crippen molar-refractivity contribution < 1.29 is 28.6 Å². The number of aliphatic hydroxyl groups excluding tert-OH is 1. The van der Waals surface area contributed by atoms with Crippen molar-refractivity contribution in [2.75, 3.05) is 6.61 Å². The number of carbonyl (C=O) groups excluding carboxylic acids is 2. The first-order chi connectivity index (χ1) is 18.9. The van der Waals surface area contributed by atoms with E-state index in [4.69, 9.17) is 13.9 Å². The van der Waals surface area contributed by atoms with Crippen LogP contribution in [-0.4, -0.2) is 33.3 Å². The van der Waals surface area contributed by atoms with Crippen LogP contribution in [0.5, 0.6) is 11.5 Å². The van der Waals surface area contributed by atoms with Crippen LogP contribution in [0.4, 0.5) is 0 Å². The Morgan fingerprint density at radius 1 is 1.08 bits per heavy atom. The van der Waals surface area contributed by atoms with Crippen molar-refractivity contribution in [2.45, 2.75) is 40.0 Å². The largest absolute Gasteiger partial charge is 0.503 e. The Kier molecular flexibility index (Phi) is 7.51. The zero-order valence-corrected chi connectivity index (χ0v) is 22.7. The lowest BCUT2D eigenvalue weighted by molar-refractivity contribution is -0.130. The molecule has 1 N–H and O–H groups in total. The maximum atomic E-state index is 13.8. The molecular formula is C30H28N2O6S. The van der Waals surface area contributed by atoms with Crippen LogP contribution in [0.3, 0.4) is 0 Å². The van der Waals surface area contributed by atoms with E-state index in [-0.39, 0.29) is 12.1 Å². The van der Waals surface area contributed by atoms with Crippen molar-refractivity contribution >= 4 is 23.0 Å². The van der Waals surface area contributed by atoms with E-state index in [1.54, 1.807) is 37.3 Å². The van der Waals surface area contributed by atoms with E-state index in [9.17, 15) is 14.7 Å². The fraction of sp³-hybridized carbons (Fsp3) is 0.233. The molecule has 1 aliphatic heterocycles. The number of thiazole rings is 1. The maximum absolute atomic E-state index is 13.8. The second-order valence-electron chi connectivity index (χ2n) is 9.07. The van der Waals surface area contributed by atoms with Crippen LogP contribution in [0.2, 0.25) is 0 Å². The Bertz CT molecular complexity index is 1520. The predicted molar refractivity (Wildman–Crippen MR) is 146 cm³/mol. The molecule has 5 rings (SSSR count). The number of furan rings is 1. The highest BCUT2D eigenvalue weighted by Gasteiger charge is 2.45. The summed E-state index contributed by atoms with van der Waals surface area (Å²) in [4.78, 5) is 33.3. The molecule has 8 nitrogen and oxygen atoms in total. The molecule has 0 aliphatic carbocycles. The molecule has 3 heterocycles. The number of amides is 1. The van der Waals surface area contributed by atoms with Gasteiger partial charge in [-0.2, -0.15) is 0 Å². The minimum Gasteiger partial charge on any atom is -0.503 e. The van der Waals surface area contributed by atoms with E-state index in [0.29, 0.717) is 46.6 Å². The van der Waals surface area contributed by atoms with E-state index < -0.39 is 23.5 Å². The summed E-state index contributed by atoms with van der Waals surface area (Å²) in [5, 5.41) is 11.7. The van der Waals surface area contributed by atoms with Gasteiger partial charge in [0.25, 0.3) is 5.91 Å². The number of ketones is 1. The average molecular weight is 545 g/mol. The van der Waals surface area contributed by atoms with Crippen molar-refractivity contribution in [1.29, 1.82) is 0 Å². The van der Waals surface area contributed by atoms with Crippen LogP contribution < -0.4 is 9.47 Å². The summed E-state index contributed by atoms with van der Waals surface area (Å²) in [5.74, 6) is -0.142. The fourth-order valence-corrected chi connectivity index (χ4v) is 5.52. The lowest BCUT2D eigenvalue weighted by Gasteiger charge is -2.26. The lowest BCUT2D eigenvalue weighted by atomic mass is 9.94. The topological polar surface area (TPSA) is 102 Å². The second-order valence-corrected chi connectivity index (χ2v) is 10.3. The Morgan fingerprint density at radius 2 is 1.87 bits per heavy atom. The minimum atomic E-state index is -0.876. The predicted octanol–water partition coefficient (Wildman–Crippen LogP) is 6.11. The summed E-state index contributed by atoms with van der Waals surface area (Å²) in [6.45, 7) is 6.22. The zero-order valence-electron chi connectivity index (χ0n) is 21.8. The van der Waals surface area contributed by atoms with Gasteiger partial charge in [0.05, 0.1) is 46.6 Å². The Hall–Kier alpha value is -4.37. The number of hydrogen-bond acceptors (Lipinski definition) is 8. The maximum Gasteiger partial charge on any atom is 0.290 e. The van der Waals surface area contributed by atoms with Gasteiger partial charge >= 0.3 is 0 Å². The molecule has 1 aliphatic rings. The Balaban J connectivity index is 1.55. The van der Waals surface area contributed by atoms with E-state index in [2.05, 4.69) is 4.98 Å². The number of aliphatic hydroxyl groups is 1. The monoisotopic (exact) mass is 544 g/mol. The van der Waals surface area contributed by atoms with Crippen molar-refractivity contribution in [2.24, 2.45) is 0 Å². The summed E-state index contributed by atoms with van der Waals surface area (Å²) in [6, 6.07) is 17.7. The van der Waals surface area contributed by atoms with Gasteiger partial charge in [-0.15, -0.1) is 11.3 Å². The highest BCUT2D eigenvalue weighted by molar-refractivity contribution is 7.14. The van der Waals surface area contributed by atoms with Crippen LogP contribution in [0, 0.1) is 13.8 Å². The molecule has 0 spiro atoms. The third-order valence-corrected chi connectivity index (χ3v) is 7.46.